The van der Waals surface area contributed by atoms with Gasteiger partial charge in [0.05, 0.1) is 47.3 Å². The number of carbonyl (C=O) groups is 3. The summed E-state index contributed by atoms with van der Waals surface area (Å²) in [4.78, 5) is 49.2. The monoisotopic (exact) mass is 593 g/mol. The molecule has 12 nitrogen and oxygen atoms in total. The molecule has 2 N–H and O–H groups in total. The SMILES string of the molecule is COC(=O)c1ccc(NC(=O)c2ccc(NC(=O)c3ccc([N+](=O)[O-])c(OC(C)C)c3)c(OC(C)C)c2)c(OC(C)C)c1. The summed E-state index contributed by atoms with van der Waals surface area (Å²) >= 11 is 0. The Morgan fingerprint density at radius 2 is 1.05 bits per heavy atom. The first kappa shape index (κ1) is 32.4. The summed E-state index contributed by atoms with van der Waals surface area (Å²) < 4.78 is 22.0. The third-order valence-electron chi connectivity index (χ3n) is 5.65. The number of ether oxygens (including phenoxy) is 4. The molecule has 0 atom stereocenters. The highest BCUT2D eigenvalue weighted by Gasteiger charge is 2.21. The van der Waals surface area contributed by atoms with E-state index in [1.807, 2.05) is 13.8 Å². The van der Waals surface area contributed by atoms with Crippen LogP contribution in [0.25, 0.3) is 0 Å². The van der Waals surface area contributed by atoms with Crippen molar-refractivity contribution in [1.29, 1.82) is 0 Å². The molecular weight excluding hydrogens is 558 g/mol. The minimum Gasteiger partial charge on any atom is -0.489 e. The van der Waals surface area contributed by atoms with Crippen molar-refractivity contribution in [1.82, 2.24) is 0 Å². The number of rotatable bonds is 12. The Morgan fingerprint density at radius 1 is 0.651 bits per heavy atom. The minimum atomic E-state index is -0.580. The smallest absolute Gasteiger partial charge is 0.337 e. The lowest BCUT2D eigenvalue weighted by atomic mass is 10.1. The summed E-state index contributed by atoms with van der Waals surface area (Å²) in [5, 5.41) is 16.9. The van der Waals surface area contributed by atoms with Crippen LogP contribution in [0.2, 0.25) is 0 Å². The van der Waals surface area contributed by atoms with Gasteiger partial charge in [0.2, 0.25) is 0 Å². The molecule has 0 heterocycles. The molecule has 0 radical (unpaired) electrons. The van der Waals surface area contributed by atoms with Crippen LogP contribution < -0.4 is 24.8 Å². The molecule has 3 rings (SSSR count). The summed E-state index contributed by atoms with van der Waals surface area (Å²) in [5.74, 6) is -1.10. The third kappa shape index (κ3) is 8.68. The summed E-state index contributed by atoms with van der Waals surface area (Å²) in [5.41, 5.74) is 0.987. The van der Waals surface area contributed by atoms with Gasteiger partial charge >= 0.3 is 11.7 Å². The van der Waals surface area contributed by atoms with Gasteiger partial charge in [0, 0.05) is 23.3 Å². The maximum atomic E-state index is 13.3. The van der Waals surface area contributed by atoms with Gasteiger partial charge in [-0.2, -0.15) is 0 Å². The van der Waals surface area contributed by atoms with Crippen LogP contribution in [0.15, 0.2) is 54.6 Å². The molecule has 0 aliphatic heterocycles. The predicted molar refractivity (Wildman–Crippen MR) is 161 cm³/mol. The molecule has 0 fully saturated rings. The van der Waals surface area contributed by atoms with Crippen LogP contribution in [0.1, 0.15) is 72.6 Å². The van der Waals surface area contributed by atoms with E-state index in [0.29, 0.717) is 5.69 Å². The van der Waals surface area contributed by atoms with Crippen molar-refractivity contribution in [3.05, 3.63) is 81.4 Å². The Morgan fingerprint density at radius 3 is 1.49 bits per heavy atom. The largest absolute Gasteiger partial charge is 0.489 e. The molecule has 43 heavy (non-hydrogen) atoms. The zero-order chi connectivity index (χ0) is 31.8. The molecule has 3 aromatic carbocycles. The molecule has 0 spiro atoms. The number of nitrogens with one attached hydrogen (secondary N) is 2. The van der Waals surface area contributed by atoms with Gasteiger partial charge in [0.1, 0.15) is 11.5 Å². The van der Waals surface area contributed by atoms with Crippen LogP contribution in [0, 0.1) is 10.1 Å². The first-order chi connectivity index (χ1) is 20.3. The van der Waals surface area contributed by atoms with Gasteiger partial charge in [-0.25, -0.2) is 4.79 Å². The molecule has 0 bridgehead atoms. The highest BCUT2D eigenvalue weighted by Crippen LogP contribution is 2.32. The number of nitro benzene ring substituents is 1. The van der Waals surface area contributed by atoms with Crippen LogP contribution in [0.5, 0.6) is 17.2 Å². The van der Waals surface area contributed by atoms with Gasteiger partial charge < -0.3 is 29.6 Å². The van der Waals surface area contributed by atoms with Gasteiger partial charge in [0.25, 0.3) is 11.8 Å². The molecule has 2 amide bonds. The number of methoxy groups -OCH3 is 1. The standard InChI is InChI=1S/C31H35N3O9/c1-17(2)41-26-14-20(29(35)33-24-12-9-22(31(37)40-7)16-27(24)42-18(3)4)8-11-23(26)32-30(36)21-10-13-25(34(38)39)28(15-21)43-19(5)6/h8-19H,1-7H3,(H,32,36)(H,33,35). The van der Waals surface area contributed by atoms with Crippen molar-refractivity contribution in [3.63, 3.8) is 0 Å². The molecule has 0 saturated heterocycles. The number of benzene rings is 3. The van der Waals surface area contributed by atoms with Crippen molar-refractivity contribution in [3.8, 4) is 17.2 Å². The Bertz CT molecular complexity index is 1520. The van der Waals surface area contributed by atoms with Crippen molar-refractivity contribution < 1.29 is 38.3 Å². The van der Waals surface area contributed by atoms with Crippen LogP contribution >= 0.6 is 0 Å². The van der Waals surface area contributed by atoms with Crippen LogP contribution in [-0.4, -0.2) is 48.1 Å². The number of esters is 1. The highest BCUT2D eigenvalue weighted by atomic mass is 16.6. The fraction of sp³-hybridized carbons (Fsp3) is 0.323. The molecule has 0 unspecified atom stereocenters. The zero-order valence-corrected chi connectivity index (χ0v) is 25.0. The minimum absolute atomic E-state index is 0.0289. The lowest BCUT2D eigenvalue weighted by Gasteiger charge is -2.18. The second-order valence-electron chi connectivity index (χ2n) is 10.3. The topological polar surface area (TPSA) is 155 Å². The lowest BCUT2D eigenvalue weighted by molar-refractivity contribution is -0.386. The van der Waals surface area contributed by atoms with Gasteiger partial charge in [-0.3, -0.25) is 19.7 Å². The average Bonchev–Trinajstić information content (AvgIpc) is 2.93. The second-order valence-corrected chi connectivity index (χ2v) is 10.3. The third-order valence-corrected chi connectivity index (χ3v) is 5.65. The van der Waals surface area contributed by atoms with E-state index >= 15 is 0 Å². The summed E-state index contributed by atoms with van der Waals surface area (Å²) in [6.45, 7) is 10.7. The van der Waals surface area contributed by atoms with Crippen molar-refractivity contribution in [2.45, 2.75) is 59.9 Å². The van der Waals surface area contributed by atoms with E-state index < -0.39 is 22.7 Å². The molecule has 0 saturated carbocycles. The van der Waals surface area contributed by atoms with E-state index in [1.54, 1.807) is 33.8 Å². The summed E-state index contributed by atoms with van der Waals surface area (Å²) in [6.07, 6.45) is -0.877. The van der Waals surface area contributed by atoms with Crippen molar-refractivity contribution >= 4 is 34.8 Å². The molecule has 3 aromatic rings. The summed E-state index contributed by atoms with van der Waals surface area (Å²) in [6, 6.07) is 12.9. The Labute approximate surface area is 249 Å². The number of hydrogen-bond donors (Lipinski definition) is 2. The Balaban J connectivity index is 1.90. The summed E-state index contributed by atoms with van der Waals surface area (Å²) in [7, 11) is 1.27. The highest BCUT2D eigenvalue weighted by molar-refractivity contribution is 6.08. The van der Waals surface area contributed by atoms with Gasteiger partial charge in [-0.1, -0.05) is 0 Å². The number of nitro groups is 1. The fourth-order valence-corrected chi connectivity index (χ4v) is 3.88. The van der Waals surface area contributed by atoms with Gasteiger partial charge in [-0.15, -0.1) is 0 Å². The number of hydrogen-bond acceptors (Lipinski definition) is 9. The number of anilines is 2. The second kappa shape index (κ2) is 14.2. The van der Waals surface area contributed by atoms with Crippen molar-refractivity contribution in [2.24, 2.45) is 0 Å². The zero-order valence-electron chi connectivity index (χ0n) is 25.0. The van der Waals surface area contributed by atoms with E-state index in [2.05, 4.69) is 10.6 Å². The van der Waals surface area contributed by atoms with E-state index in [0.717, 1.165) is 0 Å². The fourth-order valence-electron chi connectivity index (χ4n) is 3.88. The molecule has 0 aromatic heterocycles. The Kier molecular flexibility index (Phi) is 10.7. The predicted octanol–water partition coefficient (Wildman–Crippen LogP) is 6.25. The van der Waals surface area contributed by atoms with E-state index in [9.17, 15) is 24.5 Å². The van der Waals surface area contributed by atoms with E-state index in [4.69, 9.17) is 18.9 Å². The molecular formula is C31H35N3O9. The Hall–Kier alpha value is -5.13. The lowest BCUT2D eigenvalue weighted by Crippen LogP contribution is -2.18. The molecule has 12 heteroatoms. The van der Waals surface area contributed by atoms with E-state index in [-0.39, 0.29) is 63.6 Å². The maximum absolute atomic E-state index is 13.3. The van der Waals surface area contributed by atoms with Gasteiger partial charge in [0.15, 0.2) is 5.75 Å². The van der Waals surface area contributed by atoms with Crippen molar-refractivity contribution in [2.75, 3.05) is 17.7 Å². The quantitative estimate of drug-likeness (QED) is 0.141. The first-order valence-corrected chi connectivity index (χ1v) is 13.6. The normalized spacial score (nSPS) is 10.8. The van der Waals surface area contributed by atoms with Gasteiger partial charge in [-0.05, 0) is 84.0 Å². The van der Waals surface area contributed by atoms with Crippen LogP contribution in [0.3, 0.4) is 0 Å². The number of amides is 2. The maximum Gasteiger partial charge on any atom is 0.337 e. The molecule has 0 aliphatic rings. The van der Waals surface area contributed by atoms with Crippen LogP contribution in [0.4, 0.5) is 17.1 Å². The molecule has 0 aliphatic carbocycles. The van der Waals surface area contributed by atoms with E-state index in [1.165, 1.54) is 55.6 Å². The first-order valence-electron chi connectivity index (χ1n) is 13.6. The molecule has 228 valence electrons. The average molecular weight is 594 g/mol. The van der Waals surface area contributed by atoms with Crippen LogP contribution in [-0.2, 0) is 4.74 Å². The number of carbonyl (C=O) groups excluding carboxylic acids is 3. The number of nitrogens with zero attached hydrogens (tertiary/aromatic N) is 1.